The van der Waals surface area contributed by atoms with E-state index in [1.165, 1.54) is 0 Å². The molecule has 0 bridgehead atoms. The van der Waals surface area contributed by atoms with Gasteiger partial charge in [-0.05, 0) is 19.1 Å². The number of aromatic nitrogens is 3. The molecule has 3 rings (SSSR count). The molecule has 2 aromatic rings. The third-order valence-corrected chi connectivity index (χ3v) is 2.61. The zero-order valence-electron chi connectivity index (χ0n) is 9.09. The van der Waals surface area contributed by atoms with Crippen molar-refractivity contribution in [3.05, 3.63) is 30.1 Å². The van der Waals surface area contributed by atoms with Crippen LogP contribution in [0.2, 0.25) is 0 Å². The molecule has 0 amide bonds. The molecule has 0 fully saturated rings. The van der Waals surface area contributed by atoms with Gasteiger partial charge in [0.25, 0.3) is 0 Å². The SMILES string of the molecule is Cc1cccc(-c2cn3c(n2)N=CCC3)n1. The average Bonchev–Trinajstić information content (AvgIpc) is 2.72. The fourth-order valence-corrected chi connectivity index (χ4v) is 1.83. The second-order valence-corrected chi connectivity index (χ2v) is 3.88. The molecule has 80 valence electrons. The van der Waals surface area contributed by atoms with Gasteiger partial charge in [0.15, 0.2) is 0 Å². The molecule has 1 aliphatic heterocycles. The number of hydrogen-bond donors (Lipinski definition) is 0. The highest BCUT2D eigenvalue weighted by Gasteiger charge is 2.11. The molecule has 0 atom stereocenters. The number of aryl methyl sites for hydroxylation is 2. The Morgan fingerprint density at radius 2 is 2.12 bits per heavy atom. The Morgan fingerprint density at radius 1 is 1.19 bits per heavy atom. The van der Waals surface area contributed by atoms with E-state index in [1.54, 1.807) is 0 Å². The molecule has 0 aliphatic carbocycles. The standard InChI is InChI=1S/C12H12N4/c1-9-4-2-5-10(14-9)11-8-16-7-3-6-13-12(16)15-11/h2,4-6,8H,3,7H2,1H3. The lowest BCUT2D eigenvalue weighted by Gasteiger charge is -2.04. The first-order valence-electron chi connectivity index (χ1n) is 5.37. The minimum absolute atomic E-state index is 0.782. The molecule has 0 spiro atoms. The zero-order chi connectivity index (χ0) is 11.0. The van der Waals surface area contributed by atoms with Crippen molar-refractivity contribution in [3.63, 3.8) is 0 Å². The fourth-order valence-electron chi connectivity index (χ4n) is 1.83. The summed E-state index contributed by atoms with van der Waals surface area (Å²) in [5.74, 6) is 0.782. The lowest BCUT2D eigenvalue weighted by atomic mass is 10.2. The number of fused-ring (bicyclic) bond motifs is 1. The van der Waals surface area contributed by atoms with Gasteiger partial charge in [0.05, 0.1) is 5.69 Å². The Bertz CT molecular complexity index is 554. The molecule has 0 unspecified atom stereocenters. The lowest BCUT2D eigenvalue weighted by Crippen LogP contribution is -2.00. The van der Waals surface area contributed by atoms with Crippen LogP contribution in [0, 0.1) is 6.92 Å². The molecule has 0 saturated heterocycles. The molecule has 0 aromatic carbocycles. The van der Waals surface area contributed by atoms with E-state index in [-0.39, 0.29) is 0 Å². The number of pyridine rings is 1. The van der Waals surface area contributed by atoms with E-state index >= 15 is 0 Å². The van der Waals surface area contributed by atoms with Crippen LogP contribution in [0.4, 0.5) is 5.95 Å². The van der Waals surface area contributed by atoms with Gasteiger partial charge in [-0.3, -0.25) is 4.98 Å². The van der Waals surface area contributed by atoms with Crippen LogP contribution in [0.5, 0.6) is 0 Å². The van der Waals surface area contributed by atoms with E-state index in [4.69, 9.17) is 0 Å². The van der Waals surface area contributed by atoms with Gasteiger partial charge in [-0.2, -0.15) is 0 Å². The van der Waals surface area contributed by atoms with E-state index in [0.717, 1.165) is 36.0 Å². The lowest BCUT2D eigenvalue weighted by molar-refractivity contribution is 0.716. The molecule has 16 heavy (non-hydrogen) atoms. The molecule has 3 heterocycles. The van der Waals surface area contributed by atoms with Gasteiger partial charge in [-0.25, -0.2) is 9.98 Å². The first-order valence-corrected chi connectivity index (χ1v) is 5.37. The van der Waals surface area contributed by atoms with Crippen LogP contribution in [0.25, 0.3) is 11.4 Å². The normalized spacial score (nSPS) is 13.8. The van der Waals surface area contributed by atoms with E-state index < -0.39 is 0 Å². The quantitative estimate of drug-likeness (QED) is 0.728. The Balaban J connectivity index is 2.07. The van der Waals surface area contributed by atoms with Crippen molar-refractivity contribution in [3.8, 4) is 11.4 Å². The van der Waals surface area contributed by atoms with Crippen LogP contribution < -0.4 is 0 Å². The summed E-state index contributed by atoms with van der Waals surface area (Å²) < 4.78 is 2.07. The molecular weight excluding hydrogens is 200 g/mol. The maximum absolute atomic E-state index is 4.46. The average molecular weight is 212 g/mol. The van der Waals surface area contributed by atoms with Gasteiger partial charge in [0.1, 0.15) is 5.69 Å². The van der Waals surface area contributed by atoms with Crippen molar-refractivity contribution in [2.24, 2.45) is 4.99 Å². The van der Waals surface area contributed by atoms with Gasteiger partial charge in [0.2, 0.25) is 5.95 Å². The van der Waals surface area contributed by atoms with Crippen molar-refractivity contribution >= 4 is 12.2 Å². The second kappa shape index (κ2) is 3.56. The van der Waals surface area contributed by atoms with Gasteiger partial charge >= 0.3 is 0 Å². The summed E-state index contributed by atoms with van der Waals surface area (Å²) in [6, 6.07) is 5.96. The topological polar surface area (TPSA) is 43.1 Å². The Kier molecular flexibility index (Phi) is 2.06. The van der Waals surface area contributed by atoms with Crippen molar-refractivity contribution in [2.45, 2.75) is 19.9 Å². The van der Waals surface area contributed by atoms with Crippen LogP contribution in [0.1, 0.15) is 12.1 Å². The summed E-state index contributed by atoms with van der Waals surface area (Å²) in [5.41, 5.74) is 2.82. The summed E-state index contributed by atoms with van der Waals surface area (Å²) in [6.45, 7) is 2.94. The van der Waals surface area contributed by atoms with Crippen LogP contribution in [-0.4, -0.2) is 20.7 Å². The second-order valence-electron chi connectivity index (χ2n) is 3.88. The van der Waals surface area contributed by atoms with E-state index in [0.29, 0.717) is 0 Å². The van der Waals surface area contributed by atoms with Gasteiger partial charge in [0, 0.05) is 31.1 Å². The summed E-state index contributed by atoms with van der Waals surface area (Å²) in [5, 5.41) is 0. The first-order chi connectivity index (χ1) is 7.83. The minimum Gasteiger partial charge on any atom is -0.315 e. The van der Waals surface area contributed by atoms with Crippen LogP contribution >= 0.6 is 0 Å². The number of imidazole rings is 1. The maximum Gasteiger partial charge on any atom is 0.229 e. The maximum atomic E-state index is 4.46. The molecule has 0 radical (unpaired) electrons. The molecular formula is C12H12N4. The van der Waals surface area contributed by atoms with E-state index in [9.17, 15) is 0 Å². The number of hydrogen-bond acceptors (Lipinski definition) is 3. The van der Waals surface area contributed by atoms with Crippen LogP contribution in [0.15, 0.2) is 29.4 Å². The summed E-state index contributed by atoms with van der Waals surface area (Å²) >= 11 is 0. The molecule has 4 nitrogen and oxygen atoms in total. The Hall–Kier alpha value is -1.97. The predicted molar refractivity (Wildman–Crippen MR) is 63.0 cm³/mol. The van der Waals surface area contributed by atoms with Gasteiger partial charge in [-0.15, -0.1) is 0 Å². The summed E-state index contributed by atoms with van der Waals surface area (Å²) in [6.07, 6.45) is 4.91. The third kappa shape index (κ3) is 1.52. The molecule has 2 aromatic heterocycles. The molecule has 0 saturated carbocycles. The number of aliphatic imine (C=N–C) groups is 1. The van der Waals surface area contributed by atoms with E-state index in [2.05, 4.69) is 19.5 Å². The highest BCUT2D eigenvalue weighted by atomic mass is 15.2. The Morgan fingerprint density at radius 3 is 2.94 bits per heavy atom. The molecule has 4 heteroatoms. The van der Waals surface area contributed by atoms with Crippen molar-refractivity contribution < 1.29 is 0 Å². The van der Waals surface area contributed by atoms with Crippen molar-refractivity contribution in [1.29, 1.82) is 0 Å². The minimum atomic E-state index is 0.782. The predicted octanol–water partition coefficient (Wildman–Crippen LogP) is 2.36. The highest BCUT2D eigenvalue weighted by Crippen LogP contribution is 2.22. The number of rotatable bonds is 1. The molecule has 1 aliphatic rings. The number of nitrogens with zero attached hydrogens (tertiary/aromatic N) is 4. The van der Waals surface area contributed by atoms with Gasteiger partial charge in [-0.1, -0.05) is 6.07 Å². The van der Waals surface area contributed by atoms with Crippen molar-refractivity contribution in [2.75, 3.05) is 0 Å². The Labute approximate surface area is 93.7 Å². The fraction of sp³-hybridized carbons (Fsp3) is 0.250. The molecule has 0 N–H and O–H groups in total. The highest BCUT2D eigenvalue weighted by molar-refractivity contribution is 5.64. The van der Waals surface area contributed by atoms with Crippen LogP contribution in [0.3, 0.4) is 0 Å². The zero-order valence-corrected chi connectivity index (χ0v) is 9.09. The van der Waals surface area contributed by atoms with Crippen LogP contribution in [-0.2, 0) is 6.54 Å². The largest absolute Gasteiger partial charge is 0.315 e. The summed E-state index contributed by atoms with van der Waals surface area (Å²) in [7, 11) is 0. The van der Waals surface area contributed by atoms with Crippen molar-refractivity contribution in [1.82, 2.24) is 14.5 Å². The van der Waals surface area contributed by atoms with E-state index in [1.807, 2.05) is 37.5 Å². The monoisotopic (exact) mass is 212 g/mol. The third-order valence-electron chi connectivity index (χ3n) is 2.61. The first kappa shape index (κ1) is 9.27. The van der Waals surface area contributed by atoms with Gasteiger partial charge < -0.3 is 4.57 Å². The smallest absolute Gasteiger partial charge is 0.229 e. The summed E-state index contributed by atoms with van der Waals surface area (Å²) in [4.78, 5) is 13.2.